The average Bonchev–Trinajstić information content (AvgIpc) is 2.75. The lowest BCUT2D eigenvalue weighted by atomic mass is 10.1. The highest BCUT2D eigenvalue weighted by atomic mass is 16.5. The second-order valence-electron chi connectivity index (χ2n) is 8.36. The molecule has 0 bridgehead atoms. The van der Waals surface area contributed by atoms with Gasteiger partial charge in [0.25, 0.3) is 0 Å². The van der Waals surface area contributed by atoms with Gasteiger partial charge in [0.1, 0.15) is 5.75 Å². The van der Waals surface area contributed by atoms with Crippen molar-refractivity contribution in [2.45, 2.75) is 52.6 Å². The monoisotopic (exact) mass is 424 g/mol. The molecule has 0 amide bonds. The summed E-state index contributed by atoms with van der Waals surface area (Å²) in [6.07, 6.45) is 0.595. The van der Waals surface area contributed by atoms with Gasteiger partial charge in [-0.1, -0.05) is 36.4 Å². The number of nitrogens with one attached hydrogen (secondary N) is 2. The van der Waals surface area contributed by atoms with Gasteiger partial charge in [0, 0.05) is 45.3 Å². The summed E-state index contributed by atoms with van der Waals surface area (Å²) in [6, 6.07) is 15.0. The SMILES string of the molecule is CN=C(NCc1ccc(CN2CC(C)OC(C)C2)cc1)NCc1ccc(C)cc1OC. The van der Waals surface area contributed by atoms with E-state index in [0.717, 1.165) is 43.5 Å². The minimum Gasteiger partial charge on any atom is -0.496 e. The number of methoxy groups -OCH3 is 1. The van der Waals surface area contributed by atoms with Gasteiger partial charge >= 0.3 is 0 Å². The number of hydrogen-bond donors (Lipinski definition) is 2. The zero-order valence-corrected chi connectivity index (χ0v) is 19.4. The molecule has 2 aromatic carbocycles. The van der Waals surface area contributed by atoms with Gasteiger partial charge < -0.3 is 20.1 Å². The first-order valence-corrected chi connectivity index (χ1v) is 11.0. The number of nitrogens with zero attached hydrogens (tertiary/aromatic N) is 2. The van der Waals surface area contributed by atoms with Crippen LogP contribution in [0, 0.1) is 6.92 Å². The second-order valence-corrected chi connectivity index (χ2v) is 8.36. The van der Waals surface area contributed by atoms with Gasteiger partial charge in [0.05, 0.1) is 19.3 Å². The normalized spacial score (nSPS) is 19.8. The predicted molar refractivity (Wildman–Crippen MR) is 126 cm³/mol. The van der Waals surface area contributed by atoms with E-state index in [4.69, 9.17) is 9.47 Å². The van der Waals surface area contributed by atoms with Crippen LogP contribution in [0.4, 0.5) is 0 Å². The van der Waals surface area contributed by atoms with Crippen LogP contribution in [0.1, 0.15) is 36.1 Å². The third-order valence-corrected chi connectivity index (χ3v) is 5.50. The number of rotatable bonds is 7. The molecule has 0 aliphatic carbocycles. The first-order chi connectivity index (χ1) is 15.0. The topological polar surface area (TPSA) is 58.1 Å². The lowest BCUT2D eigenvalue weighted by molar-refractivity contribution is -0.0704. The van der Waals surface area contributed by atoms with E-state index in [9.17, 15) is 0 Å². The van der Waals surface area contributed by atoms with Crippen LogP contribution in [0.25, 0.3) is 0 Å². The molecule has 0 radical (unpaired) electrons. The first-order valence-electron chi connectivity index (χ1n) is 11.0. The number of morpholine rings is 1. The summed E-state index contributed by atoms with van der Waals surface area (Å²) in [5.41, 5.74) is 4.85. The Morgan fingerprint density at radius 1 is 1.03 bits per heavy atom. The minimum atomic E-state index is 0.298. The van der Waals surface area contributed by atoms with E-state index in [0.29, 0.717) is 18.8 Å². The maximum Gasteiger partial charge on any atom is 0.191 e. The van der Waals surface area contributed by atoms with Crippen molar-refractivity contribution < 1.29 is 9.47 Å². The molecule has 2 unspecified atom stereocenters. The first kappa shape index (κ1) is 23.1. The van der Waals surface area contributed by atoms with E-state index in [-0.39, 0.29) is 0 Å². The van der Waals surface area contributed by atoms with Crippen molar-refractivity contribution in [2.75, 3.05) is 27.2 Å². The highest BCUT2D eigenvalue weighted by molar-refractivity contribution is 5.79. The largest absolute Gasteiger partial charge is 0.496 e. The van der Waals surface area contributed by atoms with Crippen molar-refractivity contribution in [3.63, 3.8) is 0 Å². The maximum atomic E-state index is 5.83. The number of aryl methyl sites for hydroxylation is 1. The average molecular weight is 425 g/mol. The van der Waals surface area contributed by atoms with E-state index >= 15 is 0 Å². The van der Waals surface area contributed by atoms with Gasteiger partial charge in [-0.05, 0) is 43.5 Å². The minimum absolute atomic E-state index is 0.298. The molecular weight excluding hydrogens is 388 g/mol. The smallest absolute Gasteiger partial charge is 0.191 e. The van der Waals surface area contributed by atoms with Crippen molar-refractivity contribution in [3.8, 4) is 5.75 Å². The summed E-state index contributed by atoms with van der Waals surface area (Å²) in [7, 11) is 3.49. The molecule has 1 saturated heterocycles. The molecule has 2 aromatic rings. The van der Waals surface area contributed by atoms with Crippen LogP contribution in [-0.4, -0.2) is 50.3 Å². The van der Waals surface area contributed by atoms with Gasteiger partial charge in [-0.15, -0.1) is 0 Å². The lowest BCUT2D eigenvalue weighted by Gasteiger charge is -2.35. The van der Waals surface area contributed by atoms with E-state index < -0.39 is 0 Å². The Morgan fingerprint density at radius 2 is 1.68 bits per heavy atom. The van der Waals surface area contributed by atoms with Crippen LogP contribution < -0.4 is 15.4 Å². The van der Waals surface area contributed by atoms with Gasteiger partial charge in [-0.3, -0.25) is 9.89 Å². The Kier molecular flexibility index (Phi) is 8.32. The van der Waals surface area contributed by atoms with Gasteiger partial charge in [0.15, 0.2) is 5.96 Å². The Labute approximate surface area is 186 Å². The lowest BCUT2D eigenvalue weighted by Crippen LogP contribution is -2.44. The zero-order valence-electron chi connectivity index (χ0n) is 19.4. The number of ether oxygens (including phenoxy) is 2. The Hall–Kier alpha value is -2.57. The highest BCUT2D eigenvalue weighted by Gasteiger charge is 2.21. The summed E-state index contributed by atoms with van der Waals surface area (Å²) in [5, 5.41) is 6.75. The Bertz CT molecular complexity index is 856. The standard InChI is InChI=1S/C25H36N4O2/c1-18-6-11-23(24(12-18)30-5)14-28-25(26-4)27-13-21-7-9-22(10-8-21)17-29-15-19(2)31-20(3)16-29/h6-12,19-20H,13-17H2,1-5H3,(H2,26,27,28). The van der Waals surface area contributed by atoms with Crippen LogP contribution in [-0.2, 0) is 24.4 Å². The van der Waals surface area contributed by atoms with E-state index in [2.05, 4.69) is 77.7 Å². The quantitative estimate of drug-likeness (QED) is 0.526. The van der Waals surface area contributed by atoms with Crippen molar-refractivity contribution >= 4 is 5.96 Å². The van der Waals surface area contributed by atoms with Crippen molar-refractivity contribution in [3.05, 3.63) is 64.7 Å². The molecule has 2 N–H and O–H groups in total. The van der Waals surface area contributed by atoms with Crippen LogP contribution in [0.5, 0.6) is 5.75 Å². The maximum absolute atomic E-state index is 5.83. The highest BCUT2D eigenvalue weighted by Crippen LogP contribution is 2.19. The molecule has 1 aliphatic rings. The van der Waals surface area contributed by atoms with Gasteiger partial charge in [-0.25, -0.2) is 0 Å². The molecule has 6 nitrogen and oxygen atoms in total. The zero-order chi connectivity index (χ0) is 22.2. The molecule has 168 valence electrons. The van der Waals surface area contributed by atoms with E-state index in [1.807, 2.05) is 6.07 Å². The predicted octanol–water partition coefficient (Wildman–Crippen LogP) is 3.48. The molecule has 3 rings (SSSR count). The van der Waals surface area contributed by atoms with Crippen LogP contribution >= 0.6 is 0 Å². The fourth-order valence-corrected chi connectivity index (χ4v) is 4.02. The summed E-state index contributed by atoms with van der Waals surface area (Å²) in [6.45, 7) is 10.7. The van der Waals surface area contributed by atoms with E-state index in [1.165, 1.54) is 16.7 Å². The van der Waals surface area contributed by atoms with Crippen LogP contribution in [0.15, 0.2) is 47.5 Å². The molecule has 1 aliphatic heterocycles. The molecule has 31 heavy (non-hydrogen) atoms. The molecule has 6 heteroatoms. The number of benzene rings is 2. The fraction of sp³-hybridized carbons (Fsp3) is 0.480. The summed E-state index contributed by atoms with van der Waals surface area (Å²) >= 11 is 0. The fourth-order valence-electron chi connectivity index (χ4n) is 4.02. The van der Waals surface area contributed by atoms with E-state index in [1.54, 1.807) is 14.2 Å². The molecular formula is C25H36N4O2. The van der Waals surface area contributed by atoms with Crippen molar-refractivity contribution in [2.24, 2.45) is 4.99 Å². The van der Waals surface area contributed by atoms with Crippen molar-refractivity contribution in [1.82, 2.24) is 15.5 Å². The summed E-state index contributed by atoms with van der Waals surface area (Å²) in [4.78, 5) is 6.80. The third-order valence-electron chi connectivity index (χ3n) is 5.50. The summed E-state index contributed by atoms with van der Waals surface area (Å²) < 4.78 is 11.3. The Balaban J connectivity index is 1.48. The number of hydrogen-bond acceptors (Lipinski definition) is 4. The molecule has 0 spiro atoms. The third kappa shape index (κ3) is 6.97. The number of aliphatic imine (C=N–C) groups is 1. The molecule has 0 aromatic heterocycles. The molecule has 2 atom stereocenters. The molecule has 0 saturated carbocycles. The van der Waals surface area contributed by atoms with Crippen molar-refractivity contribution in [1.29, 1.82) is 0 Å². The number of guanidine groups is 1. The van der Waals surface area contributed by atoms with Gasteiger partial charge in [-0.2, -0.15) is 0 Å². The second kappa shape index (κ2) is 11.2. The Morgan fingerprint density at radius 3 is 2.32 bits per heavy atom. The molecule has 1 fully saturated rings. The molecule has 1 heterocycles. The summed E-state index contributed by atoms with van der Waals surface area (Å²) in [5.74, 6) is 1.66. The van der Waals surface area contributed by atoms with Gasteiger partial charge in [0.2, 0.25) is 0 Å². The van der Waals surface area contributed by atoms with Crippen LogP contribution in [0.3, 0.4) is 0 Å². The van der Waals surface area contributed by atoms with Crippen LogP contribution in [0.2, 0.25) is 0 Å².